The van der Waals surface area contributed by atoms with Crippen LogP contribution in [0.3, 0.4) is 0 Å². The van der Waals surface area contributed by atoms with E-state index in [0.717, 1.165) is 5.75 Å². The molecular formula is C17H19N5O3. The van der Waals surface area contributed by atoms with Gasteiger partial charge in [-0.05, 0) is 53.7 Å². The normalized spacial score (nSPS) is 11.9. The molecule has 0 fully saturated rings. The van der Waals surface area contributed by atoms with Crippen LogP contribution in [0.1, 0.15) is 6.92 Å². The first-order valence-corrected chi connectivity index (χ1v) is 7.97. The SMILES string of the molecule is CCOc1ccc(OCC(O)Cn2nnnc2-c2ccccn2)cc1. The second-order valence-corrected chi connectivity index (χ2v) is 5.27. The van der Waals surface area contributed by atoms with Gasteiger partial charge in [0.05, 0.1) is 13.2 Å². The third kappa shape index (κ3) is 4.51. The van der Waals surface area contributed by atoms with Gasteiger partial charge in [-0.2, -0.15) is 0 Å². The lowest BCUT2D eigenvalue weighted by atomic mass is 10.3. The Morgan fingerprint density at radius 1 is 1.08 bits per heavy atom. The van der Waals surface area contributed by atoms with E-state index in [0.29, 0.717) is 23.9 Å². The molecule has 8 nitrogen and oxygen atoms in total. The molecule has 0 saturated carbocycles. The van der Waals surface area contributed by atoms with E-state index in [1.54, 1.807) is 18.3 Å². The molecule has 1 N–H and O–H groups in total. The molecule has 8 heteroatoms. The lowest BCUT2D eigenvalue weighted by Crippen LogP contribution is -2.24. The van der Waals surface area contributed by atoms with Gasteiger partial charge in [-0.1, -0.05) is 6.07 Å². The molecule has 0 aliphatic rings. The van der Waals surface area contributed by atoms with Crippen molar-refractivity contribution in [3.8, 4) is 23.0 Å². The van der Waals surface area contributed by atoms with E-state index in [1.807, 2.05) is 37.3 Å². The van der Waals surface area contributed by atoms with Crippen LogP contribution >= 0.6 is 0 Å². The smallest absolute Gasteiger partial charge is 0.200 e. The third-order valence-electron chi connectivity index (χ3n) is 3.39. The third-order valence-corrected chi connectivity index (χ3v) is 3.39. The number of tetrazole rings is 1. The fourth-order valence-corrected chi connectivity index (χ4v) is 2.25. The van der Waals surface area contributed by atoms with E-state index in [-0.39, 0.29) is 13.2 Å². The number of rotatable bonds is 8. The number of benzene rings is 1. The second-order valence-electron chi connectivity index (χ2n) is 5.27. The summed E-state index contributed by atoms with van der Waals surface area (Å²) in [4.78, 5) is 4.22. The van der Waals surface area contributed by atoms with Gasteiger partial charge in [0.2, 0.25) is 5.82 Å². The highest BCUT2D eigenvalue weighted by atomic mass is 16.5. The van der Waals surface area contributed by atoms with Crippen LogP contribution in [-0.4, -0.2) is 49.6 Å². The fourth-order valence-electron chi connectivity index (χ4n) is 2.25. The van der Waals surface area contributed by atoms with Crippen LogP contribution in [-0.2, 0) is 6.54 Å². The van der Waals surface area contributed by atoms with Gasteiger partial charge in [0.25, 0.3) is 0 Å². The first-order valence-electron chi connectivity index (χ1n) is 7.97. The Morgan fingerprint density at radius 3 is 2.52 bits per heavy atom. The van der Waals surface area contributed by atoms with E-state index >= 15 is 0 Å². The monoisotopic (exact) mass is 341 g/mol. The predicted molar refractivity (Wildman–Crippen MR) is 90.2 cm³/mol. The molecule has 3 aromatic rings. The summed E-state index contributed by atoms with van der Waals surface area (Å²) in [5.41, 5.74) is 0.645. The number of nitrogens with zero attached hydrogens (tertiary/aromatic N) is 5. The maximum atomic E-state index is 10.2. The molecule has 25 heavy (non-hydrogen) atoms. The number of pyridine rings is 1. The van der Waals surface area contributed by atoms with Crippen molar-refractivity contribution >= 4 is 0 Å². The van der Waals surface area contributed by atoms with Gasteiger partial charge in [-0.15, -0.1) is 5.10 Å². The van der Waals surface area contributed by atoms with Crippen molar-refractivity contribution in [2.45, 2.75) is 19.6 Å². The lowest BCUT2D eigenvalue weighted by Gasteiger charge is -2.13. The molecule has 0 amide bonds. The molecular weight excluding hydrogens is 322 g/mol. The molecule has 0 spiro atoms. The molecule has 1 unspecified atom stereocenters. The summed E-state index contributed by atoms with van der Waals surface area (Å²) in [5, 5.41) is 21.7. The van der Waals surface area contributed by atoms with Crippen LogP contribution in [0.25, 0.3) is 11.5 Å². The van der Waals surface area contributed by atoms with Gasteiger partial charge in [0, 0.05) is 6.20 Å². The van der Waals surface area contributed by atoms with E-state index in [1.165, 1.54) is 4.68 Å². The summed E-state index contributed by atoms with van der Waals surface area (Å²) >= 11 is 0. The highest BCUT2D eigenvalue weighted by Crippen LogP contribution is 2.18. The number of aromatic nitrogens is 5. The lowest BCUT2D eigenvalue weighted by molar-refractivity contribution is 0.0892. The Balaban J connectivity index is 1.56. The number of hydrogen-bond acceptors (Lipinski definition) is 7. The number of ether oxygens (including phenoxy) is 2. The van der Waals surface area contributed by atoms with Crippen molar-refractivity contribution in [2.75, 3.05) is 13.2 Å². The van der Waals surface area contributed by atoms with Crippen LogP contribution in [0.5, 0.6) is 11.5 Å². The van der Waals surface area contributed by atoms with Gasteiger partial charge in [-0.25, -0.2) is 4.68 Å². The van der Waals surface area contributed by atoms with Gasteiger partial charge in [0.15, 0.2) is 0 Å². The molecule has 0 radical (unpaired) electrons. The second kappa shape index (κ2) is 8.20. The van der Waals surface area contributed by atoms with Crippen LogP contribution in [0.2, 0.25) is 0 Å². The molecule has 1 atom stereocenters. The van der Waals surface area contributed by atoms with Crippen molar-refractivity contribution in [2.24, 2.45) is 0 Å². The quantitative estimate of drug-likeness (QED) is 0.664. The first kappa shape index (κ1) is 16.8. The minimum atomic E-state index is -0.766. The van der Waals surface area contributed by atoms with Crippen LogP contribution in [0.15, 0.2) is 48.7 Å². The van der Waals surface area contributed by atoms with Crippen molar-refractivity contribution < 1.29 is 14.6 Å². The zero-order valence-electron chi connectivity index (χ0n) is 13.8. The number of hydrogen-bond donors (Lipinski definition) is 1. The van der Waals surface area contributed by atoms with Gasteiger partial charge >= 0.3 is 0 Å². The van der Waals surface area contributed by atoms with Gasteiger partial charge in [0.1, 0.15) is 29.9 Å². The predicted octanol–water partition coefficient (Wildman–Crippen LogP) is 1.57. The Labute approximate surface area is 145 Å². The number of aliphatic hydroxyl groups excluding tert-OH is 1. The average Bonchev–Trinajstić information content (AvgIpc) is 3.10. The molecule has 0 aliphatic heterocycles. The van der Waals surface area contributed by atoms with Crippen LogP contribution < -0.4 is 9.47 Å². The molecule has 0 bridgehead atoms. The van der Waals surface area contributed by atoms with Crippen molar-refractivity contribution in [1.82, 2.24) is 25.2 Å². The Kier molecular flexibility index (Phi) is 5.53. The zero-order valence-corrected chi connectivity index (χ0v) is 13.8. The van der Waals surface area contributed by atoms with Crippen molar-refractivity contribution in [3.05, 3.63) is 48.7 Å². The summed E-state index contributed by atoms with van der Waals surface area (Å²) in [7, 11) is 0. The molecule has 2 aromatic heterocycles. The topological polar surface area (TPSA) is 95.2 Å². The number of aliphatic hydroxyl groups is 1. The Morgan fingerprint density at radius 2 is 1.84 bits per heavy atom. The molecule has 2 heterocycles. The van der Waals surface area contributed by atoms with Crippen LogP contribution in [0, 0.1) is 0 Å². The Bertz CT molecular complexity index is 776. The standard InChI is InChI=1S/C17H19N5O3/c1-2-24-14-6-8-15(9-7-14)25-12-13(23)11-22-17(19-20-21-22)16-5-3-4-10-18-16/h3-10,13,23H,2,11-12H2,1H3. The van der Waals surface area contributed by atoms with E-state index in [4.69, 9.17) is 9.47 Å². The highest BCUT2D eigenvalue weighted by molar-refractivity contribution is 5.47. The summed E-state index contributed by atoms with van der Waals surface area (Å²) < 4.78 is 12.5. The summed E-state index contributed by atoms with van der Waals surface area (Å²) in [6, 6.07) is 12.7. The first-order chi connectivity index (χ1) is 12.3. The zero-order chi connectivity index (χ0) is 17.5. The molecule has 0 saturated heterocycles. The maximum absolute atomic E-state index is 10.2. The van der Waals surface area contributed by atoms with E-state index in [2.05, 4.69) is 20.5 Å². The Hall–Kier alpha value is -3.00. The summed E-state index contributed by atoms with van der Waals surface area (Å²) in [6.45, 7) is 2.87. The fraction of sp³-hybridized carbons (Fsp3) is 0.294. The minimum Gasteiger partial charge on any atom is -0.494 e. The van der Waals surface area contributed by atoms with Crippen molar-refractivity contribution in [3.63, 3.8) is 0 Å². The van der Waals surface area contributed by atoms with E-state index < -0.39 is 6.10 Å². The minimum absolute atomic E-state index is 0.121. The molecule has 3 rings (SSSR count). The van der Waals surface area contributed by atoms with Gasteiger partial charge < -0.3 is 14.6 Å². The highest BCUT2D eigenvalue weighted by Gasteiger charge is 2.14. The molecule has 0 aliphatic carbocycles. The van der Waals surface area contributed by atoms with Gasteiger partial charge in [-0.3, -0.25) is 4.98 Å². The molecule has 130 valence electrons. The maximum Gasteiger partial charge on any atom is 0.200 e. The molecule has 1 aromatic carbocycles. The summed E-state index contributed by atoms with van der Waals surface area (Å²) in [5.74, 6) is 1.94. The van der Waals surface area contributed by atoms with E-state index in [9.17, 15) is 5.11 Å². The van der Waals surface area contributed by atoms with Crippen molar-refractivity contribution in [1.29, 1.82) is 0 Å². The largest absolute Gasteiger partial charge is 0.494 e. The van der Waals surface area contributed by atoms with Crippen LogP contribution in [0.4, 0.5) is 0 Å². The average molecular weight is 341 g/mol. The summed E-state index contributed by atoms with van der Waals surface area (Å²) in [6.07, 6.45) is 0.900.